The van der Waals surface area contributed by atoms with Crippen molar-refractivity contribution in [2.75, 3.05) is 13.7 Å². The normalized spacial score (nSPS) is 11.6. The summed E-state index contributed by atoms with van der Waals surface area (Å²) in [6.45, 7) is -0.343. The average molecular weight is 337 g/mol. The Morgan fingerprint density at radius 3 is 2.70 bits per heavy atom. The number of hydrogen-bond acceptors (Lipinski definition) is 5. The van der Waals surface area contributed by atoms with Gasteiger partial charge in [-0.15, -0.1) is 11.3 Å². The molecule has 0 unspecified atom stereocenters. The minimum absolute atomic E-state index is 0.00305. The molecule has 7 heteroatoms. The summed E-state index contributed by atoms with van der Waals surface area (Å²) in [5.74, 6) is -1.41. The van der Waals surface area contributed by atoms with E-state index in [9.17, 15) is 14.0 Å². The first kappa shape index (κ1) is 17.0. The largest absolute Gasteiger partial charge is 0.481 e. The second-order valence-corrected chi connectivity index (χ2v) is 5.61. The number of carbonyl (C=O) groups excluding carboxylic acids is 2. The third kappa shape index (κ3) is 5.07. The van der Waals surface area contributed by atoms with Gasteiger partial charge in [0.2, 0.25) is 0 Å². The topological polar surface area (TPSA) is 64.6 Å². The second-order valence-electron chi connectivity index (χ2n) is 4.63. The zero-order valence-corrected chi connectivity index (χ0v) is 13.3. The van der Waals surface area contributed by atoms with E-state index in [0.29, 0.717) is 0 Å². The SMILES string of the molecule is COC(=O)C[C@H](NC(=O)COc1ccccc1F)c1cccs1. The molecule has 0 aliphatic heterocycles. The molecule has 1 atom stereocenters. The molecule has 0 radical (unpaired) electrons. The fourth-order valence-corrected chi connectivity index (χ4v) is 2.68. The molecule has 1 aromatic carbocycles. The Morgan fingerprint density at radius 1 is 1.26 bits per heavy atom. The highest BCUT2D eigenvalue weighted by Crippen LogP contribution is 2.22. The van der Waals surface area contributed by atoms with E-state index in [1.807, 2.05) is 17.5 Å². The van der Waals surface area contributed by atoms with E-state index in [1.165, 1.54) is 36.6 Å². The molecule has 0 spiro atoms. The number of methoxy groups -OCH3 is 1. The zero-order valence-electron chi connectivity index (χ0n) is 12.5. The number of amides is 1. The molecule has 0 saturated heterocycles. The molecule has 0 saturated carbocycles. The van der Waals surface area contributed by atoms with Crippen molar-refractivity contribution in [3.05, 3.63) is 52.5 Å². The standard InChI is InChI=1S/C16H16FNO4S/c1-21-16(20)9-12(14-7-4-8-23-14)18-15(19)10-22-13-6-3-2-5-11(13)17/h2-8,12H,9-10H2,1H3,(H,18,19)/t12-/m0/s1. The molecule has 5 nitrogen and oxygen atoms in total. The maximum atomic E-state index is 13.4. The summed E-state index contributed by atoms with van der Waals surface area (Å²) in [5.41, 5.74) is 0. The van der Waals surface area contributed by atoms with Crippen molar-refractivity contribution in [3.8, 4) is 5.75 Å². The first-order chi connectivity index (χ1) is 11.1. The van der Waals surface area contributed by atoms with Gasteiger partial charge in [0.25, 0.3) is 5.91 Å². The van der Waals surface area contributed by atoms with E-state index in [4.69, 9.17) is 4.74 Å². The van der Waals surface area contributed by atoms with Crippen LogP contribution in [0.15, 0.2) is 41.8 Å². The van der Waals surface area contributed by atoms with E-state index in [1.54, 1.807) is 6.07 Å². The summed E-state index contributed by atoms with van der Waals surface area (Å²) < 4.78 is 23.2. The zero-order chi connectivity index (χ0) is 16.7. The Morgan fingerprint density at radius 2 is 2.04 bits per heavy atom. The predicted octanol–water partition coefficient (Wildman–Crippen LogP) is 2.69. The Balaban J connectivity index is 1.95. The lowest BCUT2D eigenvalue weighted by Crippen LogP contribution is -2.33. The molecule has 2 rings (SSSR count). The lowest BCUT2D eigenvalue weighted by Gasteiger charge is -2.16. The third-order valence-electron chi connectivity index (χ3n) is 3.02. The lowest BCUT2D eigenvalue weighted by atomic mass is 10.1. The number of ether oxygens (including phenoxy) is 2. The van der Waals surface area contributed by atoms with E-state index in [-0.39, 0.29) is 18.8 Å². The van der Waals surface area contributed by atoms with Crippen LogP contribution in [0.25, 0.3) is 0 Å². The van der Waals surface area contributed by atoms with Crippen molar-refractivity contribution in [2.24, 2.45) is 0 Å². The smallest absolute Gasteiger partial charge is 0.307 e. The number of halogens is 1. The highest BCUT2D eigenvalue weighted by atomic mass is 32.1. The molecule has 1 aromatic heterocycles. The van der Waals surface area contributed by atoms with Crippen LogP contribution in [0.5, 0.6) is 5.75 Å². The molecule has 122 valence electrons. The van der Waals surface area contributed by atoms with Gasteiger partial charge in [0.05, 0.1) is 19.6 Å². The summed E-state index contributed by atoms with van der Waals surface area (Å²) in [6.07, 6.45) is 0.0163. The molecule has 1 amide bonds. The van der Waals surface area contributed by atoms with Gasteiger partial charge in [-0.2, -0.15) is 0 Å². The van der Waals surface area contributed by atoms with Crippen molar-refractivity contribution in [1.82, 2.24) is 5.32 Å². The second kappa shape index (κ2) is 8.28. The molecule has 0 aliphatic carbocycles. The van der Waals surface area contributed by atoms with E-state index in [2.05, 4.69) is 10.1 Å². The fraction of sp³-hybridized carbons (Fsp3) is 0.250. The molecule has 1 N–H and O–H groups in total. The van der Waals surface area contributed by atoms with Gasteiger partial charge in [-0.3, -0.25) is 9.59 Å². The summed E-state index contributed by atoms with van der Waals surface area (Å²) >= 11 is 1.42. The molecular formula is C16H16FNO4S. The molecule has 0 bridgehead atoms. The van der Waals surface area contributed by atoms with Gasteiger partial charge < -0.3 is 14.8 Å². The van der Waals surface area contributed by atoms with Crippen LogP contribution in [0.3, 0.4) is 0 Å². The molecule has 23 heavy (non-hydrogen) atoms. The van der Waals surface area contributed by atoms with Crippen molar-refractivity contribution in [2.45, 2.75) is 12.5 Å². The summed E-state index contributed by atoms with van der Waals surface area (Å²) in [6, 6.07) is 8.97. The van der Waals surface area contributed by atoms with Gasteiger partial charge in [-0.25, -0.2) is 4.39 Å². The Hall–Kier alpha value is -2.41. The van der Waals surface area contributed by atoms with Crippen LogP contribution in [0.2, 0.25) is 0 Å². The minimum atomic E-state index is -0.537. The lowest BCUT2D eigenvalue weighted by molar-refractivity contribution is -0.141. The van der Waals surface area contributed by atoms with Gasteiger partial charge in [0.15, 0.2) is 18.2 Å². The average Bonchev–Trinajstić information content (AvgIpc) is 3.07. The Labute approximate surface area is 137 Å². The summed E-state index contributed by atoms with van der Waals surface area (Å²) in [5, 5.41) is 4.55. The fourth-order valence-electron chi connectivity index (χ4n) is 1.90. The van der Waals surface area contributed by atoms with Crippen molar-refractivity contribution < 1.29 is 23.5 Å². The number of rotatable bonds is 7. The highest BCUT2D eigenvalue weighted by Gasteiger charge is 2.20. The van der Waals surface area contributed by atoms with Gasteiger partial charge in [-0.1, -0.05) is 18.2 Å². The number of hydrogen-bond donors (Lipinski definition) is 1. The predicted molar refractivity (Wildman–Crippen MR) is 83.7 cm³/mol. The van der Waals surface area contributed by atoms with Crippen LogP contribution in [-0.4, -0.2) is 25.6 Å². The maximum Gasteiger partial charge on any atom is 0.307 e. The van der Waals surface area contributed by atoms with Crippen molar-refractivity contribution in [3.63, 3.8) is 0 Å². The number of benzene rings is 1. The third-order valence-corrected chi connectivity index (χ3v) is 4.00. The van der Waals surface area contributed by atoms with Crippen molar-refractivity contribution >= 4 is 23.2 Å². The first-order valence-electron chi connectivity index (χ1n) is 6.87. The van der Waals surface area contributed by atoms with Gasteiger partial charge in [-0.05, 0) is 23.6 Å². The summed E-state index contributed by atoms with van der Waals surface area (Å²) in [7, 11) is 1.29. The monoisotopic (exact) mass is 337 g/mol. The number of thiophene rings is 1. The Kier molecular flexibility index (Phi) is 6.10. The molecule has 0 fully saturated rings. The molecule has 2 aromatic rings. The number of para-hydroxylation sites is 1. The highest BCUT2D eigenvalue weighted by molar-refractivity contribution is 7.10. The Bertz CT molecular complexity index is 660. The maximum absolute atomic E-state index is 13.4. The van der Waals surface area contributed by atoms with Gasteiger partial charge in [0.1, 0.15) is 0 Å². The quantitative estimate of drug-likeness (QED) is 0.789. The van der Waals surface area contributed by atoms with E-state index >= 15 is 0 Å². The van der Waals surface area contributed by atoms with E-state index in [0.717, 1.165) is 4.88 Å². The van der Waals surface area contributed by atoms with Crippen LogP contribution in [-0.2, 0) is 14.3 Å². The molecule has 0 aliphatic rings. The summed E-state index contributed by atoms with van der Waals surface area (Å²) in [4.78, 5) is 24.3. The van der Waals surface area contributed by atoms with Crippen LogP contribution in [0.4, 0.5) is 4.39 Å². The van der Waals surface area contributed by atoms with Gasteiger partial charge >= 0.3 is 5.97 Å². The number of carbonyl (C=O) groups is 2. The van der Waals surface area contributed by atoms with Crippen LogP contribution < -0.4 is 10.1 Å². The van der Waals surface area contributed by atoms with Gasteiger partial charge in [0, 0.05) is 4.88 Å². The minimum Gasteiger partial charge on any atom is -0.481 e. The van der Waals surface area contributed by atoms with Crippen molar-refractivity contribution in [1.29, 1.82) is 0 Å². The number of esters is 1. The first-order valence-corrected chi connectivity index (χ1v) is 7.75. The van der Waals surface area contributed by atoms with Crippen LogP contribution >= 0.6 is 11.3 Å². The van der Waals surface area contributed by atoms with Crippen LogP contribution in [0.1, 0.15) is 17.3 Å². The number of nitrogens with one attached hydrogen (secondary N) is 1. The molecule has 1 heterocycles. The molecular weight excluding hydrogens is 321 g/mol. The van der Waals surface area contributed by atoms with Crippen LogP contribution in [0, 0.1) is 5.82 Å². The van der Waals surface area contributed by atoms with E-state index < -0.39 is 23.7 Å².